The van der Waals surface area contributed by atoms with E-state index in [-0.39, 0.29) is 6.54 Å². The molecule has 0 aliphatic rings. The van der Waals surface area contributed by atoms with E-state index >= 15 is 0 Å². The minimum Gasteiger partial charge on any atom is -0.480 e. The predicted molar refractivity (Wildman–Crippen MR) is 83.7 cm³/mol. The summed E-state index contributed by atoms with van der Waals surface area (Å²) in [7, 11) is 0. The molecule has 2 atom stereocenters. The van der Waals surface area contributed by atoms with Crippen LogP contribution in [0.4, 0.5) is 4.79 Å². The van der Waals surface area contributed by atoms with Crippen molar-refractivity contribution in [1.82, 2.24) is 5.32 Å². The lowest BCUT2D eigenvalue weighted by Crippen LogP contribution is -2.37. The minimum absolute atomic E-state index is 0.0498. The molecular formula is C14H25NO6S. The van der Waals surface area contributed by atoms with Gasteiger partial charge in [0.05, 0.1) is 0 Å². The zero-order valence-corrected chi connectivity index (χ0v) is 14.3. The Balaban J connectivity index is 4.21. The van der Waals surface area contributed by atoms with E-state index in [1.165, 1.54) is 25.6 Å². The van der Waals surface area contributed by atoms with Gasteiger partial charge in [0.15, 0.2) is 0 Å². The summed E-state index contributed by atoms with van der Waals surface area (Å²) in [6.45, 7) is 6.68. The number of amides is 1. The number of carbonyl (C=O) groups is 3. The molecule has 0 aromatic rings. The fourth-order valence-corrected chi connectivity index (χ4v) is 2.94. The summed E-state index contributed by atoms with van der Waals surface area (Å²) in [5.74, 6) is -0.360. The van der Waals surface area contributed by atoms with E-state index in [1.807, 2.05) is 0 Å². The number of carbonyl (C=O) groups excluding carboxylic acids is 2. The number of aliphatic carboxylic acids is 1. The van der Waals surface area contributed by atoms with Crippen molar-refractivity contribution >= 4 is 29.8 Å². The Morgan fingerprint density at radius 3 is 2.23 bits per heavy atom. The Bertz CT molecular complexity index is 372. The molecule has 7 nitrogen and oxygen atoms in total. The second-order valence-electron chi connectivity index (χ2n) is 4.81. The van der Waals surface area contributed by atoms with Crippen molar-refractivity contribution in [2.45, 2.75) is 52.1 Å². The smallest absolute Gasteiger partial charge is 0.410 e. The van der Waals surface area contributed by atoms with Crippen molar-refractivity contribution in [3.63, 3.8) is 0 Å². The summed E-state index contributed by atoms with van der Waals surface area (Å²) < 4.78 is 9.40. The number of thioether (sulfide) groups is 1. The lowest BCUT2D eigenvalue weighted by atomic mass is 10.1. The van der Waals surface area contributed by atoms with E-state index in [2.05, 4.69) is 23.9 Å². The third-order valence-electron chi connectivity index (χ3n) is 3.00. The first-order valence-electron chi connectivity index (χ1n) is 7.26. The third kappa shape index (κ3) is 9.49. The molecule has 0 heterocycles. The third-order valence-corrected chi connectivity index (χ3v) is 4.43. The average Bonchev–Trinajstić information content (AvgIpc) is 2.41. The summed E-state index contributed by atoms with van der Waals surface area (Å²) in [5.41, 5.74) is 0. The van der Waals surface area contributed by atoms with Crippen molar-refractivity contribution in [2.24, 2.45) is 5.92 Å². The van der Waals surface area contributed by atoms with Crippen LogP contribution in [0.25, 0.3) is 0 Å². The molecule has 0 saturated heterocycles. The highest BCUT2D eigenvalue weighted by Gasteiger charge is 2.21. The van der Waals surface area contributed by atoms with E-state index in [4.69, 9.17) is 9.84 Å². The van der Waals surface area contributed by atoms with Crippen LogP contribution in [0.15, 0.2) is 0 Å². The topological polar surface area (TPSA) is 102 Å². The highest BCUT2D eigenvalue weighted by atomic mass is 32.2. The van der Waals surface area contributed by atoms with Gasteiger partial charge >= 0.3 is 18.0 Å². The van der Waals surface area contributed by atoms with Crippen molar-refractivity contribution in [3.05, 3.63) is 0 Å². The maximum absolute atomic E-state index is 11.5. The first kappa shape index (κ1) is 20.6. The van der Waals surface area contributed by atoms with Crippen LogP contribution in [0, 0.1) is 5.92 Å². The summed E-state index contributed by atoms with van der Waals surface area (Å²) in [5, 5.41) is 10.8. The predicted octanol–water partition coefficient (Wildman–Crippen LogP) is 2.24. The molecule has 1 amide bonds. The SMILES string of the molecule is CCC(CC)CS[C@@H](CNC(=O)O[C@H](C)OC(C)=O)C(=O)O. The summed E-state index contributed by atoms with van der Waals surface area (Å²) in [6.07, 6.45) is 0.150. The van der Waals surface area contributed by atoms with E-state index in [1.54, 1.807) is 0 Å². The maximum atomic E-state index is 11.5. The van der Waals surface area contributed by atoms with E-state index in [0.29, 0.717) is 5.92 Å². The summed E-state index contributed by atoms with van der Waals surface area (Å²) in [4.78, 5) is 33.4. The number of ether oxygens (including phenoxy) is 2. The molecule has 0 spiro atoms. The van der Waals surface area contributed by atoms with Gasteiger partial charge in [-0.1, -0.05) is 26.7 Å². The number of carboxylic acid groups (broad SMARTS) is 1. The van der Waals surface area contributed by atoms with E-state index in [0.717, 1.165) is 18.6 Å². The van der Waals surface area contributed by atoms with Crippen LogP contribution in [-0.4, -0.2) is 47.0 Å². The van der Waals surface area contributed by atoms with Gasteiger partial charge in [-0.2, -0.15) is 0 Å². The highest BCUT2D eigenvalue weighted by molar-refractivity contribution is 8.00. The van der Waals surface area contributed by atoms with Crippen LogP contribution < -0.4 is 5.32 Å². The molecule has 0 aliphatic carbocycles. The van der Waals surface area contributed by atoms with Crippen LogP contribution in [-0.2, 0) is 19.1 Å². The number of esters is 1. The molecular weight excluding hydrogens is 310 g/mol. The Morgan fingerprint density at radius 1 is 1.18 bits per heavy atom. The second kappa shape index (κ2) is 11.2. The number of hydrogen-bond acceptors (Lipinski definition) is 6. The molecule has 22 heavy (non-hydrogen) atoms. The number of rotatable bonds is 10. The fraction of sp³-hybridized carbons (Fsp3) is 0.786. The minimum atomic E-state index is -1.02. The molecule has 0 aromatic heterocycles. The van der Waals surface area contributed by atoms with Gasteiger partial charge in [-0.3, -0.25) is 9.59 Å². The zero-order valence-electron chi connectivity index (χ0n) is 13.5. The number of hydrogen-bond donors (Lipinski definition) is 2. The van der Waals surface area contributed by atoms with Gasteiger partial charge in [0.25, 0.3) is 0 Å². The summed E-state index contributed by atoms with van der Waals surface area (Å²) in [6, 6.07) is 0. The molecule has 0 unspecified atom stereocenters. The molecule has 0 aromatic carbocycles. The van der Waals surface area contributed by atoms with Crippen molar-refractivity contribution in [3.8, 4) is 0 Å². The zero-order chi connectivity index (χ0) is 17.1. The maximum Gasteiger partial charge on any atom is 0.410 e. The van der Waals surface area contributed by atoms with Crippen molar-refractivity contribution in [2.75, 3.05) is 12.3 Å². The molecule has 0 aliphatic heterocycles. The Labute approximate surface area is 135 Å². The van der Waals surface area contributed by atoms with E-state index in [9.17, 15) is 14.4 Å². The van der Waals surface area contributed by atoms with Crippen LogP contribution in [0.1, 0.15) is 40.5 Å². The van der Waals surface area contributed by atoms with Crippen LogP contribution in [0.2, 0.25) is 0 Å². The highest BCUT2D eigenvalue weighted by Crippen LogP contribution is 2.19. The van der Waals surface area contributed by atoms with Gasteiger partial charge in [0.1, 0.15) is 5.25 Å². The van der Waals surface area contributed by atoms with Crippen LogP contribution >= 0.6 is 11.8 Å². The molecule has 0 saturated carbocycles. The van der Waals surface area contributed by atoms with E-state index < -0.39 is 29.6 Å². The lowest BCUT2D eigenvalue weighted by Gasteiger charge is -2.18. The molecule has 0 bridgehead atoms. The van der Waals surface area contributed by atoms with Crippen LogP contribution in [0.5, 0.6) is 0 Å². The van der Waals surface area contributed by atoms with Gasteiger partial charge in [-0.15, -0.1) is 11.8 Å². The lowest BCUT2D eigenvalue weighted by molar-refractivity contribution is -0.162. The van der Waals surface area contributed by atoms with Gasteiger partial charge in [0.2, 0.25) is 6.29 Å². The van der Waals surface area contributed by atoms with Gasteiger partial charge in [-0.05, 0) is 11.7 Å². The Morgan fingerprint density at radius 2 is 1.77 bits per heavy atom. The average molecular weight is 335 g/mol. The van der Waals surface area contributed by atoms with Crippen molar-refractivity contribution < 1.29 is 29.0 Å². The first-order valence-corrected chi connectivity index (χ1v) is 8.31. The standard InChI is InChI=1S/C14H25NO6S/c1-5-11(6-2)8-22-12(13(17)18)7-15-14(19)21-10(4)20-9(3)16/h10-12H,5-8H2,1-4H3,(H,15,19)(H,17,18)/t10-,12+/m1/s1. The normalized spacial score (nSPS) is 13.3. The largest absolute Gasteiger partial charge is 0.480 e. The fourth-order valence-electron chi connectivity index (χ4n) is 1.62. The Kier molecular flexibility index (Phi) is 10.4. The molecule has 0 rings (SSSR count). The number of alkyl carbamates (subject to hydrolysis) is 1. The molecule has 0 fully saturated rings. The molecule has 8 heteroatoms. The summed E-state index contributed by atoms with van der Waals surface area (Å²) >= 11 is 1.30. The quantitative estimate of drug-likeness (QED) is 0.466. The van der Waals surface area contributed by atoms with Gasteiger partial charge < -0.3 is 19.9 Å². The monoisotopic (exact) mass is 335 g/mol. The van der Waals surface area contributed by atoms with Crippen LogP contribution in [0.3, 0.4) is 0 Å². The number of nitrogens with one attached hydrogen (secondary N) is 1. The number of carboxylic acids is 1. The Hall–Kier alpha value is -1.44. The van der Waals surface area contributed by atoms with Gasteiger partial charge in [0, 0.05) is 20.4 Å². The van der Waals surface area contributed by atoms with Crippen molar-refractivity contribution in [1.29, 1.82) is 0 Å². The molecule has 0 radical (unpaired) electrons. The second-order valence-corrected chi connectivity index (χ2v) is 6.04. The van der Waals surface area contributed by atoms with Gasteiger partial charge in [-0.25, -0.2) is 4.79 Å². The first-order chi connectivity index (χ1) is 10.3. The molecule has 2 N–H and O–H groups in total. The molecule has 128 valence electrons.